The Hall–Kier alpha value is -5.41. The van der Waals surface area contributed by atoms with Crippen molar-refractivity contribution in [1.29, 1.82) is 0 Å². The van der Waals surface area contributed by atoms with Gasteiger partial charge in [0.25, 0.3) is 0 Å². The molecule has 0 fully saturated rings. The van der Waals surface area contributed by atoms with E-state index in [0.29, 0.717) is 0 Å². The lowest BCUT2D eigenvalue weighted by atomic mass is 9.96. The van der Waals surface area contributed by atoms with E-state index in [-0.39, 0.29) is 0 Å². The lowest BCUT2D eigenvalue weighted by molar-refractivity contribution is 0.669. The standard InChI is InChI=1S/C37H24N2O/c1-2-10-25(11-3-1)36-37(39-21-7-6-18-35(39)38-36)30-15-9-14-28(23-30)26-12-8-13-27(22-26)29-19-20-32-31-16-4-5-17-33(31)40-34(32)24-29/h1-24H. The van der Waals surface area contributed by atoms with Gasteiger partial charge in [0.2, 0.25) is 0 Å². The minimum atomic E-state index is 0.909. The molecule has 3 aromatic heterocycles. The Bertz CT molecular complexity index is 2170. The number of nitrogens with zero attached hydrogens (tertiary/aromatic N) is 2. The Labute approximate surface area is 231 Å². The second-order valence-electron chi connectivity index (χ2n) is 10.1. The van der Waals surface area contributed by atoms with Gasteiger partial charge in [0.05, 0.1) is 11.4 Å². The number of pyridine rings is 1. The van der Waals surface area contributed by atoms with Crippen molar-refractivity contribution in [2.45, 2.75) is 0 Å². The predicted molar refractivity (Wildman–Crippen MR) is 164 cm³/mol. The van der Waals surface area contributed by atoms with Crippen molar-refractivity contribution in [2.24, 2.45) is 0 Å². The molecule has 40 heavy (non-hydrogen) atoms. The van der Waals surface area contributed by atoms with Crippen LogP contribution in [-0.2, 0) is 0 Å². The van der Waals surface area contributed by atoms with Gasteiger partial charge in [0, 0.05) is 28.1 Å². The molecule has 8 aromatic rings. The molecule has 0 unspecified atom stereocenters. The first-order valence-corrected chi connectivity index (χ1v) is 13.5. The van der Waals surface area contributed by atoms with E-state index in [1.807, 2.05) is 24.3 Å². The summed E-state index contributed by atoms with van der Waals surface area (Å²) in [5.74, 6) is 0. The Morgan fingerprint density at radius 3 is 1.90 bits per heavy atom. The fourth-order valence-electron chi connectivity index (χ4n) is 5.70. The summed E-state index contributed by atoms with van der Waals surface area (Å²) in [6.45, 7) is 0. The van der Waals surface area contributed by atoms with Crippen molar-refractivity contribution in [3.05, 3.63) is 146 Å². The molecule has 5 aromatic carbocycles. The van der Waals surface area contributed by atoms with Crippen LogP contribution in [0.3, 0.4) is 0 Å². The third-order valence-corrected chi connectivity index (χ3v) is 7.62. The van der Waals surface area contributed by atoms with Gasteiger partial charge in [0.1, 0.15) is 16.8 Å². The highest BCUT2D eigenvalue weighted by Gasteiger charge is 2.16. The number of imidazole rings is 1. The second-order valence-corrected chi connectivity index (χ2v) is 10.1. The van der Waals surface area contributed by atoms with Crippen molar-refractivity contribution in [3.63, 3.8) is 0 Å². The van der Waals surface area contributed by atoms with Gasteiger partial charge in [-0.1, -0.05) is 97.1 Å². The first-order valence-electron chi connectivity index (χ1n) is 13.5. The second kappa shape index (κ2) is 9.11. The third-order valence-electron chi connectivity index (χ3n) is 7.62. The van der Waals surface area contributed by atoms with Gasteiger partial charge in [-0.2, -0.15) is 0 Å². The molecule has 8 rings (SSSR count). The molecule has 0 radical (unpaired) electrons. The van der Waals surface area contributed by atoms with Gasteiger partial charge in [0.15, 0.2) is 0 Å². The Morgan fingerprint density at radius 2 is 1.07 bits per heavy atom. The van der Waals surface area contributed by atoms with Crippen LogP contribution in [0.15, 0.2) is 150 Å². The summed E-state index contributed by atoms with van der Waals surface area (Å²) in [5.41, 5.74) is 11.7. The number of para-hydroxylation sites is 1. The van der Waals surface area contributed by atoms with Gasteiger partial charge in [-0.3, -0.25) is 4.40 Å². The molecule has 0 saturated heterocycles. The van der Waals surface area contributed by atoms with E-state index in [4.69, 9.17) is 9.40 Å². The van der Waals surface area contributed by atoms with Gasteiger partial charge >= 0.3 is 0 Å². The summed E-state index contributed by atoms with van der Waals surface area (Å²) in [5, 5.41) is 2.29. The number of fused-ring (bicyclic) bond motifs is 4. The molecule has 3 nitrogen and oxygen atoms in total. The van der Waals surface area contributed by atoms with Crippen LogP contribution in [0.2, 0.25) is 0 Å². The van der Waals surface area contributed by atoms with E-state index < -0.39 is 0 Å². The molecule has 0 saturated carbocycles. The van der Waals surface area contributed by atoms with Crippen LogP contribution in [0.4, 0.5) is 0 Å². The zero-order chi connectivity index (χ0) is 26.5. The molecule has 188 valence electrons. The van der Waals surface area contributed by atoms with Crippen LogP contribution in [0.1, 0.15) is 0 Å². The van der Waals surface area contributed by atoms with Crippen LogP contribution in [0.5, 0.6) is 0 Å². The van der Waals surface area contributed by atoms with E-state index in [1.165, 1.54) is 5.56 Å². The molecular weight excluding hydrogens is 488 g/mol. The van der Waals surface area contributed by atoms with E-state index in [0.717, 1.165) is 66.8 Å². The average molecular weight is 513 g/mol. The largest absolute Gasteiger partial charge is 0.456 e. The number of hydrogen-bond acceptors (Lipinski definition) is 2. The predicted octanol–water partition coefficient (Wildman–Crippen LogP) is 9.90. The lowest BCUT2D eigenvalue weighted by Gasteiger charge is -2.10. The summed E-state index contributed by atoms with van der Waals surface area (Å²) in [6, 6.07) is 48.7. The smallest absolute Gasteiger partial charge is 0.137 e. The molecule has 0 bridgehead atoms. The monoisotopic (exact) mass is 512 g/mol. The molecule has 0 atom stereocenters. The minimum Gasteiger partial charge on any atom is -0.456 e. The first kappa shape index (κ1) is 22.6. The quantitative estimate of drug-likeness (QED) is 0.235. The molecular formula is C37H24N2O. The minimum absolute atomic E-state index is 0.909. The van der Waals surface area contributed by atoms with Crippen molar-refractivity contribution < 1.29 is 4.42 Å². The first-order chi connectivity index (χ1) is 19.8. The zero-order valence-electron chi connectivity index (χ0n) is 21.7. The van der Waals surface area contributed by atoms with Crippen molar-refractivity contribution in [1.82, 2.24) is 9.38 Å². The van der Waals surface area contributed by atoms with E-state index in [9.17, 15) is 0 Å². The topological polar surface area (TPSA) is 30.4 Å². The number of benzene rings is 5. The fraction of sp³-hybridized carbons (Fsp3) is 0. The molecule has 3 heterocycles. The molecule has 3 heteroatoms. The molecule has 0 spiro atoms. The highest BCUT2D eigenvalue weighted by atomic mass is 16.3. The van der Waals surface area contributed by atoms with Crippen LogP contribution in [-0.4, -0.2) is 9.38 Å². The Balaban J connectivity index is 1.23. The average Bonchev–Trinajstić information content (AvgIpc) is 3.60. The maximum Gasteiger partial charge on any atom is 0.137 e. The van der Waals surface area contributed by atoms with Crippen LogP contribution in [0.25, 0.3) is 72.4 Å². The summed E-state index contributed by atoms with van der Waals surface area (Å²) in [6.07, 6.45) is 2.09. The highest BCUT2D eigenvalue weighted by Crippen LogP contribution is 2.36. The van der Waals surface area contributed by atoms with Crippen LogP contribution in [0, 0.1) is 0 Å². The number of hydrogen-bond donors (Lipinski definition) is 0. The maximum absolute atomic E-state index is 6.16. The summed E-state index contributed by atoms with van der Waals surface area (Å²) in [4.78, 5) is 5.01. The van der Waals surface area contributed by atoms with Crippen molar-refractivity contribution >= 4 is 27.6 Å². The van der Waals surface area contributed by atoms with E-state index in [1.54, 1.807) is 0 Å². The molecule has 0 aliphatic carbocycles. The number of aromatic nitrogens is 2. The lowest BCUT2D eigenvalue weighted by Crippen LogP contribution is -1.90. The van der Waals surface area contributed by atoms with Gasteiger partial charge < -0.3 is 4.42 Å². The van der Waals surface area contributed by atoms with Gasteiger partial charge in [-0.15, -0.1) is 0 Å². The van der Waals surface area contributed by atoms with E-state index >= 15 is 0 Å². The fourth-order valence-corrected chi connectivity index (χ4v) is 5.70. The van der Waals surface area contributed by atoms with Crippen LogP contribution < -0.4 is 0 Å². The van der Waals surface area contributed by atoms with Gasteiger partial charge in [-0.25, -0.2) is 4.98 Å². The summed E-state index contributed by atoms with van der Waals surface area (Å²) in [7, 11) is 0. The normalized spacial score (nSPS) is 11.5. The zero-order valence-corrected chi connectivity index (χ0v) is 21.7. The molecule has 0 aliphatic heterocycles. The molecule has 0 amide bonds. The molecule has 0 N–H and O–H groups in total. The van der Waals surface area contributed by atoms with Gasteiger partial charge in [-0.05, 0) is 64.7 Å². The van der Waals surface area contributed by atoms with E-state index in [2.05, 4.69) is 126 Å². The number of rotatable bonds is 4. The van der Waals surface area contributed by atoms with Crippen molar-refractivity contribution in [2.75, 3.05) is 0 Å². The SMILES string of the molecule is c1ccc(-c2nc3ccccn3c2-c2cccc(-c3cccc(-c4ccc5c(c4)oc4ccccc45)c3)c2)cc1. The summed E-state index contributed by atoms with van der Waals surface area (Å²) < 4.78 is 8.34. The Morgan fingerprint density at radius 1 is 0.450 bits per heavy atom. The number of furan rings is 1. The van der Waals surface area contributed by atoms with Crippen LogP contribution >= 0.6 is 0 Å². The third kappa shape index (κ3) is 3.71. The molecule has 0 aliphatic rings. The maximum atomic E-state index is 6.16. The Kier molecular flexibility index (Phi) is 5.14. The summed E-state index contributed by atoms with van der Waals surface area (Å²) >= 11 is 0. The highest BCUT2D eigenvalue weighted by molar-refractivity contribution is 6.05. The van der Waals surface area contributed by atoms with Crippen molar-refractivity contribution in [3.8, 4) is 44.8 Å².